The van der Waals surface area contributed by atoms with E-state index in [0.717, 1.165) is 12.8 Å². The van der Waals surface area contributed by atoms with Crippen molar-refractivity contribution in [3.8, 4) is 0 Å². The Morgan fingerprint density at radius 3 is 2.07 bits per heavy atom. The lowest BCUT2D eigenvalue weighted by Crippen LogP contribution is -2.61. The molecule has 0 saturated carbocycles. The summed E-state index contributed by atoms with van der Waals surface area (Å²) in [5.74, 6) is 0. The summed E-state index contributed by atoms with van der Waals surface area (Å²) in [7, 11) is 0. The lowest BCUT2D eigenvalue weighted by Gasteiger charge is -2.46. The van der Waals surface area contributed by atoms with Crippen LogP contribution < -0.4 is 10.6 Å². The zero-order valence-corrected chi connectivity index (χ0v) is 10.2. The maximum Gasteiger partial charge on any atom is 0.276 e. The van der Waals surface area contributed by atoms with Crippen molar-refractivity contribution in [3.63, 3.8) is 0 Å². The first-order valence-corrected chi connectivity index (χ1v) is 5.44. The van der Waals surface area contributed by atoms with Crippen LogP contribution in [-0.2, 0) is 0 Å². The van der Waals surface area contributed by atoms with Crippen LogP contribution in [0, 0.1) is 0 Å². The van der Waals surface area contributed by atoms with Crippen LogP contribution in [0.15, 0.2) is 0 Å². The van der Waals surface area contributed by atoms with Crippen LogP contribution in [0.5, 0.6) is 0 Å². The number of piperidine rings is 1. The van der Waals surface area contributed by atoms with E-state index in [-0.39, 0.29) is 22.4 Å². The molecular formula is C10H20N2OS. The topological polar surface area (TPSA) is 41.1 Å². The molecule has 1 amide bonds. The molecule has 0 aliphatic carbocycles. The van der Waals surface area contributed by atoms with E-state index >= 15 is 0 Å². The summed E-state index contributed by atoms with van der Waals surface area (Å²) in [6, 6.07) is 0.228. The van der Waals surface area contributed by atoms with Crippen LogP contribution in [-0.4, -0.2) is 22.4 Å². The Hall–Kier alpha value is -0.220. The van der Waals surface area contributed by atoms with E-state index in [1.165, 1.54) is 0 Å². The molecule has 0 radical (unpaired) electrons. The Morgan fingerprint density at radius 2 is 1.71 bits per heavy atom. The third-order valence-corrected chi connectivity index (χ3v) is 2.65. The molecule has 0 atom stereocenters. The number of amides is 1. The van der Waals surface area contributed by atoms with Gasteiger partial charge in [-0.25, -0.2) is 0 Å². The fourth-order valence-electron chi connectivity index (χ4n) is 2.60. The summed E-state index contributed by atoms with van der Waals surface area (Å²) < 4.78 is 0. The molecule has 0 unspecified atom stereocenters. The molecular weight excluding hydrogens is 196 g/mol. The third-order valence-electron chi connectivity index (χ3n) is 2.52. The van der Waals surface area contributed by atoms with Gasteiger partial charge in [0.2, 0.25) is 0 Å². The predicted octanol–water partition coefficient (Wildman–Crippen LogP) is 1.93. The van der Waals surface area contributed by atoms with Crippen molar-refractivity contribution in [1.29, 1.82) is 0 Å². The molecule has 0 aromatic heterocycles. The van der Waals surface area contributed by atoms with Crippen molar-refractivity contribution in [2.45, 2.75) is 57.7 Å². The molecule has 4 heteroatoms. The second-order valence-corrected chi connectivity index (χ2v) is 5.85. The summed E-state index contributed by atoms with van der Waals surface area (Å²) >= 11 is 3.75. The molecule has 1 aliphatic rings. The first-order chi connectivity index (χ1) is 6.20. The molecule has 0 aromatic carbocycles. The Kier molecular flexibility index (Phi) is 3.17. The average molecular weight is 216 g/mol. The van der Waals surface area contributed by atoms with Gasteiger partial charge < -0.3 is 10.6 Å². The minimum Gasteiger partial charge on any atom is -0.344 e. The number of carbonyl (C=O) groups excluding carboxylic acids is 1. The molecule has 1 fully saturated rings. The van der Waals surface area contributed by atoms with Gasteiger partial charge in [-0.05, 0) is 40.5 Å². The van der Waals surface area contributed by atoms with Crippen molar-refractivity contribution in [2.24, 2.45) is 0 Å². The molecule has 14 heavy (non-hydrogen) atoms. The highest BCUT2D eigenvalue weighted by molar-refractivity contribution is 7.96. The Morgan fingerprint density at radius 1 is 1.29 bits per heavy atom. The van der Waals surface area contributed by atoms with E-state index in [0.29, 0.717) is 0 Å². The summed E-state index contributed by atoms with van der Waals surface area (Å²) in [4.78, 5) is 10.9. The Labute approximate surface area is 91.4 Å². The number of hydrogen-bond donors (Lipinski definition) is 3. The van der Waals surface area contributed by atoms with Crippen LogP contribution >= 0.6 is 12.6 Å². The third kappa shape index (κ3) is 3.50. The van der Waals surface area contributed by atoms with Crippen molar-refractivity contribution in [2.75, 3.05) is 0 Å². The van der Waals surface area contributed by atoms with E-state index in [2.05, 4.69) is 51.0 Å². The Bertz CT molecular complexity index is 222. The zero-order valence-electron chi connectivity index (χ0n) is 9.35. The minimum atomic E-state index is -0.233. The maximum absolute atomic E-state index is 10.9. The van der Waals surface area contributed by atoms with Gasteiger partial charge in [0.1, 0.15) is 0 Å². The highest BCUT2D eigenvalue weighted by atomic mass is 32.1. The first-order valence-electron chi connectivity index (χ1n) is 4.99. The van der Waals surface area contributed by atoms with E-state index in [1.54, 1.807) is 0 Å². The number of carbonyl (C=O) groups is 1. The van der Waals surface area contributed by atoms with Crippen molar-refractivity contribution in [1.82, 2.24) is 10.6 Å². The van der Waals surface area contributed by atoms with E-state index in [1.807, 2.05) is 0 Å². The van der Waals surface area contributed by atoms with E-state index in [4.69, 9.17) is 0 Å². The molecule has 1 saturated heterocycles. The van der Waals surface area contributed by atoms with Crippen LogP contribution in [0.4, 0.5) is 4.79 Å². The first kappa shape index (κ1) is 11.9. The molecule has 82 valence electrons. The normalized spacial score (nSPS) is 25.8. The number of thiol groups is 1. The van der Waals surface area contributed by atoms with Gasteiger partial charge in [0.15, 0.2) is 0 Å². The van der Waals surface area contributed by atoms with Gasteiger partial charge in [0.05, 0.1) is 0 Å². The molecule has 1 heterocycles. The van der Waals surface area contributed by atoms with E-state index < -0.39 is 0 Å². The largest absolute Gasteiger partial charge is 0.344 e. The molecule has 0 spiro atoms. The molecule has 3 nitrogen and oxygen atoms in total. The van der Waals surface area contributed by atoms with Crippen molar-refractivity contribution >= 4 is 17.9 Å². The summed E-state index contributed by atoms with van der Waals surface area (Å²) in [6.45, 7) is 8.63. The SMILES string of the molecule is CC1(C)CC(NC(=O)S)CC(C)(C)N1. The summed E-state index contributed by atoms with van der Waals surface area (Å²) in [5, 5.41) is 6.20. The van der Waals surface area contributed by atoms with Gasteiger partial charge >= 0.3 is 0 Å². The molecule has 0 bridgehead atoms. The second kappa shape index (κ2) is 3.74. The molecule has 1 aliphatic heterocycles. The summed E-state index contributed by atoms with van der Waals surface area (Å²) in [5.41, 5.74) is 0.144. The molecule has 0 aromatic rings. The van der Waals surface area contributed by atoms with Gasteiger partial charge in [-0.15, -0.1) is 0 Å². The average Bonchev–Trinajstić information content (AvgIpc) is 1.74. The van der Waals surface area contributed by atoms with Gasteiger partial charge in [0, 0.05) is 17.1 Å². The fourth-order valence-corrected chi connectivity index (χ4v) is 2.78. The fraction of sp³-hybridized carbons (Fsp3) is 0.900. The lowest BCUT2D eigenvalue weighted by atomic mass is 9.80. The van der Waals surface area contributed by atoms with Crippen molar-refractivity contribution in [3.05, 3.63) is 0 Å². The molecule has 2 N–H and O–H groups in total. The van der Waals surface area contributed by atoms with Crippen LogP contribution in [0.3, 0.4) is 0 Å². The van der Waals surface area contributed by atoms with Gasteiger partial charge in [-0.2, -0.15) is 0 Å². The monoisotopic (exact) mass is 216 g/mol. The van der Waals surface area contributed by atoms with Gasteiger partial charge in [-0.3, -0.25) is 4.79 Å². The lowest BCUT2D eigenvalue weighted by molar-refractivity contribution is 0.151. The number of nitrogens with one attached hydrogen (secondary N) is 2. The van der Waals surface area contributed by atoms with E-state index in [9.17, 15) is 4.79 Å². The molecule has 1 rings (SSSR count). The standard InChI is InChI=1S/C10H20N2OS/c1-9(2)5-7(11-8(13)14)6-10(3,4)12-9/h7,12H,5-6H2,1-4H3,(H2,11,13,14). The highest BCUT2D eigenvalue weighted by Crippen LogP contribution is 2.28. The van der Waals surface area contributed by atoms with Crippen LogP contribution in [0.2, 0.25) is 0 Å². The number of rotatable bonds is 1. The maximum atomic E-state index is 10.9. The number of hydrogen-bond acceptors (Lipinski definition) is 2. The quantitative estimate of drug-likeness (QED) is 0.586. The predicted molar refractivity (Wildman–Crippen MR) is 61.8 cm³/mol. The van der Waals surface area contributed by atoms with Gasteiger partial charge in [-0.1, -0.05) is 12.6 Å². The summed E-state index contributed by atoms with van der Waals surface area (Å²) in [6.07, 6.45) is 1.89. The smallest absolute Gasteiger partial charge is 0.276 e. The highest BCUT2D eigenvalue weighted by Gasteiger charge is 2.37. The second-order valence-electron chi connectivity index (χ2n) is 5.45. The van der Waals surface area contributed by atoms with Crippen LogP contribution in [0.1, 0.15) is 40.5 Å². The Balaban J connectivity index is 2.66. The van der Waals surface area contributed by atoms with Crippen molar-refractivity contribution < 1.29 is 4.79 Å². The minimum absolute atomic E-state index is 0.0721. The zero-order chi connectivity index (χ0) is 11.0. The van der Waals surface area contributed by atoms with Gasteiger partial charge in [0.25, 0.3) is 5.24 Å². The van der Waals surface area contributed by atoms with Crippen LogP contribution in [0.25, 0.3) is 0 Å².